The zero-order chi connectivity index (χ0) is 16.2. The van der Waals surface area contributed by atoms with Gasteiger partial charge in [-0.1, -0.05) is 18.2 Å². The minimum atomic E-state index is -0.378. The van der Waals surface area contributed by atoms with Crippen molar-refractivity contribution in [3.63, 3.8) is 0 Å². The maximum absolute atomic E-state index is 13.3. The Kier molecular flexibility index (Phi) is 4.19. The molecule has 23 heavy (non-hydrogen) atoms. The molecule has 1 aromatic heterocycles. The molecule has 0 saturated heterocycles. The largest absolute Gasteiger partial charge is 0.437 e. The Hall–Kier alpha value is -2.95. The molecule has 0 radical (unpaired) electrons. The Morgan fingerprint density at radius 2 is 2.09 bits per heavy atom. The molecule has 2 aromatic carbocycles. The van der Waals surface area contributed by atoms with Crippen LogP contribution in [0.15, 0.2) is 59.0 Å². The molecule has 0 atom stereocenters. The molecule has 0 aliphatic heterocycles. The van der Waals surface area contributed by atoms with Crippen LogP contribution in [0.25, 0.3) is 17.2 Å². The van der Waals surface area contributed by atoms with E-state index in [0.29, 0.717) is 23.7 Å². The minimum absolute atomic E-state index is 0.264. The van der Waals surface area contributed by atoms with Crippen molar-refractivity contribution in [2.75, 3.05) is 11.4 Å². The second-order valence-corrected chi connectivity index (χ2v) is 4.92. The molecule has 3 rings (SSSR count). The van der Waals surface area contributed by atoms with Crippen LogP contribution in [0, 0.1) is 5.82 Å². The number of anilines is 1. The first kappa shape index (κ1) is 15.0. The number of para-hydroxylation sites is 2. The SMILES string of the molecule is CCN(C(=O)C=Cc1nc2ccccc2o1)c1cccc(F)c1. The summed E-state index contributed by atoms with van der Waals surface area (Å²) in [5.74, 6) is -0.285. The van der Waals surface area contributed by atoms with Gasteiger partial charge in [0.2, 0.25) is 5.89 Å². The third-order valence-electron chi connectivity index (χ3n) is 3.38. The molecular weight excluding hydrogens is 295 g/mol. The summed E-state index contributed by atoms with van der Waals surface area (Å²) in [4.78, 5) is 18.1. The van der Waals surface area contributed by atoms with E-state index in [2.05, 4.69) is 4.98 Å². The summed E-state index contributed by atoms with van der Waals surface area (Å²) < 4.78 is 18.8. The molecule has 5 heteroatoms. The topological polar surface area (TPSA) is 46.3 Å². The summed E-state index contributed by atoms with van der Waals surface area (Å²) in [6.45, 7) is 2.26. The van der Waals surface area contributed by atoms with Gasteiger partial charge in [-0.05, 0) is 37.3 Å². The maximum atomic E-state index is 13.3. The highest BCUT2D eigenvalue weighted by atomic mass is 19.1. The zero-order valence-electron chi connectivity index (χ0n) is 12.6. The van der Waals surface area contributed by atoms with Crippen LogP contribution in [0.4, 0.5) is 10.1 Å². The molecule has 4 nitrogen and oxygen atoms in total. The number of benzene rings is 2. The number of likely N-dealkylation sites (N-methyl/N-ethyl adjacent to an activating group) is 1. The van der Waals surface area contributed by atoms with Gasteiger partial charge < -0.3 is 9.32 Å². The number of rotatable bonds is 4. The van der Waals surface area contributed by atoms with E-state index in [0.717, 1.165) is 5.52 Å². The van der Waals surface area contributed by atoms with Gasteiger partial charge in [0, 0.05) is 24.4 Å². The number of amides is 1. The van der Waals surface area contributed by atoms with E-state index in [1.54, 1.807) is 12.1 Å². The highest BCUT2D eigenvalue weighted by Gasteiger charge is 2.12. The first-order chi connectivity index (χ1) is 11.2. The van der Waals surface area contributed by atoms with E-state index < -0.39 is 0 Å². The molecule has 0 bridgehead atoms. The van der Waals surface area contributed by atoms with Gasteiger partial charge in [0.25, 0.3) is 5.91 Å². The molecule has 0 aliphatic rings. The number of oxazole rings is 1. The number of fused-ring (bicyclic) bond motifs is 1. The summed E-state index contributed by atoms with van der Waals surface area (Å²) in [7, 11) is 0. The van der Waals surface area contributed by atoms with Crippen molar-refractivity contribution in [1.82, 2.24) is 4.98 Å². The third-order valence-corrected chi connectivity index (χ3v) is 3.38. The fraction of sp³-hybridized carbons (Fsp3) is 0.111. The van der Waals surface area contributed by atoms with Crippen molar-refractivity contribution in [2.24, 2.45) is 0 Å². The maximum Gasteiger partial charge on any atom is 0.251 e. The lowest BCUT2D eigenvalue weighted by atomic mass is 10.2. The van der Waals surface area contributed by atoms with Crippen molar-refractivity contribution >= 4 is 28.8 Å². The summed E-state index contributed by atoms with van der Waals surface area (Å²) >= 11 is 0. The molecular formula is C18H15FN2O2. The standard InChI is InChI=1S/C18H15FN2O2/c1-2-21(14-7-5-6-13(19)12-14)18(22)11-10-17-20-15-8-3-4-9-16(15)23-17/h3-12H,2H2,1H3. The van der Waals surface area contributed by atoms with Gasteiger partial charge >= 0.3 is 0 Å². The number of nitrogens with zero attached hydrogens (tertiary/aromatic N) is 2. The molecule has 1 amide bonds. The van der Waals surface area contributed by atoms with E-state index in [1.807, 2.05) is 31.2 Å². The van der Waals surface area contributed by atoms with Gasteiger partial charge in [-0.2, -0.15) is 0 Å². The van der Waals surface area contributed by atoms with Crippen LogP contribution < -0.4 is 4.90 Å². The Morgan fingerprint density at radius 3 is 2.83 bits per heavy atom. The van der Waals surface area contributed by atoms with Gasteiger partial charge in [0.15, 0.2) is 5.58 Å². The molecule has 0 aliphatic carbocycles. The Labute approximate surface area is 132 Å². The first-order valence-electron chi connectivity index (χ1n) is 7.28. The molecule has 116 valence electrons. The van der Waals surface area contributed by atoms with Gasteiger partial charge in [0.1, 0.15) is 11.3 Å². The fourth-order valence-electron chi connectivity index (χ4n) is 2.30. The van der Waals surface area contributed by atoms with E-state index in [1.165, 1.54) is 29.2 Å². The number of halogens is 1. The number of carbonyl (C=O) groups excluding carboxylic acids is 1. The summed E-state index contributed by atoms with van der Waals surface area (Å²) in [5, 5.41) is 0. The molecule has 1 heterocycles. The second-order valence-electron chi connectivity index (χ2n) is 4.92. The van der Waals surface area contributed by atoms with Gasteiger partial charge in [0.05, 0.1) is 0 Å². The van der Waals surface area contributed by atoms with Crippen LogP contribution in [0.5, 0.6) is 0 Å². The van der Waals surface area contributed by atoms with E-state index in [-0.39, 0.29) is 11.7 Å². The smallest absolute Gasteiger partial charge is 0.251 e. The molecule has 0 spiro atoms. The Morgan fingerprint density at radius 1 is 1.26 bits per heavy atom. The van der Waals surface area contributed by atoms with Crippen LogP contribution in [0.2, 0.25) is 0 Å². The van der Waals surface area contributed by atoms with E-state index in [4.69, 9.17) is 4.42 Å². The summed E-state index contributed by atoms with van der Waals surface area (Å²) in [5.41, 5.74) is 1.91. The van der Waals surface area contributed by atoms with Gasteiger partial charge in [-0.25, -0.2) is 9.37 Å². The van der Waals surface area contributed by atoms with Crippen LogP contribution in [-0.4, -0.2) is 17.4 Å². The number of aromatic nitrogens is 1. The predicted molar refractivity (Wildman–Crippen MR) is 87.5 cm³/mol. The number of carbonyl (C=O) groups is 1. The highest BCUT2D eigenvalue weighted by Crippen LogP contribution is 2.18. The molecule has 0 fully saturated rings. The minimum Gasteiger partial charge on any atom is -0.437 e. The van der Waals surface area contributed by atoms with Crippen LogP contribution in [0.1, 0.15) is 12.8 Å². The van der Waals surface area contributed by atoms with E-state index in [9.17, 15) is 9.18 Å². The second kappa shape index (κ2) is 6.44. The first-order valence-corrected chi connectivity index (χ1v) is 7.28. The lowest BCUT2D eigenvalue weighted by molar-refractivity contribution is -0.114. The van der Waals surface area contributed by atoms with Crippen molar-refractivity contribution in [2.45, 2.75) is 6.92 Å². The normalized spacial score (nSPS) is 11.2. The Balaban J connectivity index is 1.81. The summed E-state index contributed by atoms with van der Waals surface area (Å²) in [6, 6.07) is 13.3. The van der Waals surface area contributed by atoms with Crippen LogP contribution in [0.3, 0.4) is 0 Å². The molecule has 0 N–H and O–H groups in total. The summed E-state index contributed by atoms with van der Waals surface area (Å²) in [6.07, 6.45) is 2.89. The van der Waals surface area contributed by atoms with Crippen molar-refractivity contribution < 1.29 is 13.6 Å². The molecule has 0 saturated carbocycles. The van der Waals surface area contributed by atoms with E-state index >= 15 is 0 Å². The van der Waals surface area contributed by atoms with Crippen molar-refractivity contribution in [3.8, 4) is 0 Å². The zero-order valence-corrected chi connectivity index (χ0v) is 12.6. The average Bonchev–Trinajstić information content (AvgIpc) is 2.96. The molecule has 3 aromatic rings. The van der Waals surface area contributed by atoms with Gasteiger partial charge in [-0.3, -0.25) is 4.79 Å². The third kappa shape index (κ3) is 3.29. The number of hydrogen-bond acceptors (Lipinski definition) is 3. The number of hydrogen-bond donors (Lipinski definition) is 0. The van der Waals surface area contributed by atoms with Crippen LogP contribution in [-0.2, 0) is 4.79 Å². The van der Waals surface area contributed by atoms with Gasteiger partial charge in [-0.15, -0.1) is 0 Å². The highest BCUT2D eigenvalue weighted by molar-refractivity contribution is 6.03. The van der Waals surface area contributed by atoms with Crippen molar-refractivity contribution in [1.29, 1.82) is 0 Å². The lowest BCUT2D eigenvalue weighted by Crippen LogP contribution is -2.28. The predicted octanol–water partition coefficient (Wildman–Crippen LogP) is 4.03. The van der Waals surface area contributed by atoms with Crippen molar-refractivity contribution in [3.05, 3.63) is 66.3 Å². The van der Waals surface area contributed by atoms with Crippen LogP contribution >= 0.6 is 0 Å². The fourth-order valence-corrected chi connectivity index (χ4v) is 2.30. The Bertz CT molecular complexity index is 837. The lowest BCUT2D eigenvalue weighted by Gasteiger charge is -2.19. The monoisotopic (exact) mass is 310 g/mol. The average molecular weight is 310 g/mol. The molecule has 0 unspecified atom stereocenters. The quantitative estimate of drug-likeness (QED) is 0.683.